The van der Waals surface area contributed by atoms with E-state index in [4.69, 9.17) is 0 Å². The number of hydrogen-bond donors (Lipinski definition) is 2. The van der Waals surface area contributed by atoms with E-state index in [0.717, 1.165) is 6.20 Å². The number of anilines is 2. The Labute approximate surface area is 169 Å². The van der Waals surface area contributed by atoms with Gasteiger partial charge < -0.3 is 15.5 Å². The summed E-state index contributed by atoms with van der Waals surface area (Å²) in [6.45, 7) is -1.39. The fraction of sp³-hybridized carbons (Fsp3) is 0.444. The fourth-order valence-corrected chi connectivity index (χ4v) is 3.86. The molecule has 8 nitrogen and oxygen atoms in total. The van der Waals surface area contributed by atoms with Gasteiger partial charge in [0.1, 0.15) is 12.2 Å². The van der Waals surface area contributed by atoms with Gasteiger partial charge >= 0.3 is 12.2 Å². The van der Waals surface area contributed by atoms with Crippen molar-refractivity contribution < 1.29 is 22.4 Å². The molecule has 1 saturated heterocycles. The summed E-state index contributed by atoms with van der Waals surface area (Å²) in [6, 6.07) is -1.49. The van der Waals surface area contributed by atoms with Gasteiger partial charge in [-0.3, -0.25) is 4.68 Å². The molecule has 160 valence electrons. The lowest BCUT2D eigenvalue weighted by Gasteiger charge is -2.34. The molecule has 2 unspecified atom stereocenters. The van der Waals surface area contributed by atoms with Gasteiger partial charge in [0.05, 0.1) is 24.1 Å². The Hall–Kier alpha value is -3.18. The molecule has 0 spiro atoms. The molecule has 2 aromatic heterocycles. The molecule has 4 heterocycles. The smallest absolute Gasteiger partial charge is 0.329 e. The molecule has 2 aliphatic rings. The number of carbonyl (C=O) groups excluding carboxylic acids is 1. The third-order valence-electron chi connectivity index (χ3n) is 5.08. The summed E-state index contributed by atoms with van der Waals surface area (Å²) in [6.07, 6.45) is 3.10. The summed E-state index contributed by atoms with van der Waals surface area (Å²) in [5.41, 5.74) is 1.36. The van der Waals surface area contributed by atoms with Crippen LogP contribution in [-0.2, 0) is 7.05 Å². The van der Waals surface area contributed by atoms with E-state index in [1.165, 1.54) is 4.90 Å². The highest BCUT2D eigenvalue weighted by atomic mass is 19.4. The lowest BCUT2D eigenvalue weighted by atomic mass is 9.98. The summed E-state index contributed by atoms with van der Waals surface area (Å²) < 4.78 is 53.3. The van der Waals surface area contributed by atoms with Gasteiger partial charge in [0.2, 0.25) is 5.95 Å². The number of halogens is 4. The van der Waals surface area contributed by atoms with Crippen molar-refractivity contribution >= 4 is 23.2 Å². The third-order valence-corrected chi connectivity index (χ3v) is 5.08. The topological polar surface area (TPSA) is 88.0 Å². The Morgan fingerprint density at radius 1 is 1.30 bits per heavy atom. The predicted molar refractivity (Wildman–Crippen MR) is 99.2 cm³/mol. The van der Waals surface area contributed by atoms with Crippen LogP contribution in [-0.4, -0.2) is 55.5 Å². The first-order valence-corrected chi connectivity index (χ1v) is 9.32. The minimum absolute atomic E-state index is 0.114. The standard InChI is InChI=1S/C18H19F4N7O/c1-28-8-11(6-25-28)26-16-23-7-14(19)15(27-16)10-4-12-2-3-13(5-10)29(12)17(30)24-9-18(20,21)22/h4,6-8,12-13H,2-3,5,9H2,1H3,(H,24,30)(H,23,26,27). The van der Waals surface area contributed by atoms with E-state index in [-0.39, 0.29) is 17.7 Å². The quantitative estimate of drug-likeness (QED) is 0.736. The van der Waals surface area contributed by atoms with E-state index < -0.39 is 30.6 Å². The fourth-order valence-electron chi connectivity index (χ4n) is 3.86. The SMILES string of the molecule is Cn1cc(Nc2ncc(F)c(C3=CC4CCC(C3)N4C(=O)NCC(F)(F)F)n2)cn1. The number of fused-ring (bicyclic) bond motifs is 2. The summed E-state index contributed by atoms with van der Waals surface area (Å²) in [4.78, 5) is 21.9. The highest BCUT2D eigenvalue weighted by molar-refractivity contribution is 5.78. The maximum atomic E-state index is 14.5. The number of alkyl halides is 3. The minimum atomic E-state index is -4.48. The highest BCUT2D eigenvalue weighted by Crippen LogP contribution is 2.38. The van der Waals surface area contributed by atoms with E-state index >= 15 is 0 Å². The van der Waals surface area contributed by atoms with Gasteiger partial charge in [0.25, 0.3) is 0 Å². The molecule has 2 aromatic rings. The summed E-state index contributed by atoms with van der Waals surface area (Å²) in [5.74, 6) is -0.412. The number of urea groups is 1. The monoisotopic (exact) mass is 425 g/mol. The zero-order valence-corrected chi connectivity index (χ0v) is 15.9. The van der Waals surface area contributed by atoms with Gasteiger partial charge in [-0.1, -0.05) is 6.08 Å². The van der Waals surface area contributed by atoms with E-state index in [1.54, 1.807) is 30.2 Å². The molecule has 0 radical (unpaired) electrons. The lowest BCUT2D eigenvalue weighted by Crippen LogP contribution is -2.50. The Balaban J connectivity index is 1.53. The van der Waals surface area contributed by atoms with Crippen LogP contribution < -0.4 is 10.6 Å². The molecular weight excluding hydrogens is 406 g/mol. The van der Waals surface area contributed by atoms with Crippen LogP contribution >= 0.6 is 0 Å². The van der Waals surface area contributed by atoms with Gasteiger partial charge in [-0.15, -0.1) is 0 Å². The Morgan fingerprint density at radius 2 is 2.10 bits per heavy atom. The van der Waals surface area contributed by atoms with Crippen molar-refractivity contribution in [1.82, 2.24) is 30.0 Å². The molecule has 2 amide bonds. The number of carbonyl (C=O) groups is 1. The molecule has 0 saturated carbocycles. The van der Waals surface area contributed by atoms with Gasteiger partial charge in [-0.05, 0) is 24.8 Å². The minimum Gasteiger partial charge on any atom is -0.329 e. The van der Waals surface area contributed by atoms with Crippen molar-refractivity contribution in [2.75, 3.05) is 11.9 Å². The number of nitrogens with one attached hydrogen (secondary N) is 2. The van der Waals surface area contributed by atoms with E-state index in [2.05, 4.69) is 20.4 Å². The highest BCUT2D eigenvalue weighted by Gasteiger charge is 2.41. The first kappa shape index (κ1) is 20.1. The molecule has 0 aliphatic carbocycles. The van der Waals surface area contributed by atoms with Crippen molar-refractivity contribution in [2.24, 2.45) is 7.05 Å². The second-order valence-electron chi connectivity index (χ2n) is 7.29. The van der Waals surface area contributed by atoms with E-state index in [0.29, 0.717) is 30.5 Å². The van der Waals surface area contributed by atoms with Crippen LogP contribution in [0.4, 0.5) is 34.0 Å². The summed E-state index contributed by atoms with van der Waals surface area (Å²) in [5, 5.41) is 8.88. The Kier molecular flexibility index (Phi) is 5.08. The molecule has 2 aliphatic heterocycles. The second kappa shape index (κ2) is 7.58. The Morgan fingerprint density at radius 3 is 2.77 bits per heavy atom. The largest absolute Gasteiger partial charge is 0.405 e. The first-order valence-electron chi connectivity index (χ1n) is 9.32. The third kappa shape index (κ3) is 4.21. The van der Waals surface area contributed by atoms with Crippen molar-refractivity contribution in [3.63, 3.8) is 0 Å². The first-order chi connectivity index (χ1) is 14.2. The Bertz CT molecular complexity index is 987. The number of aryl methyl sites for hydroxylation is 1. The van der Waals surface area contributed by atoms with Crippen molar-refractivity contribution in [3.8, 4) is 0 Å². The molecule has 2 bridgehead atoms. The van der Waals surface area contributed by atoms with Gasteiger partial charge in [0.15, 0.2) is 5.82 Å². The van der Waals surface area contributed by atoms with Crippen LogP contribution in [0.2, 0.25) is 0 Å². The van der Waals surface area contributed by atoms with Crippen LogP contribution in [0.3, 0.4) is 0 Å². The zero-order chi connectivity index (χ0) is 21.5. The second-order valence-corrected chi connectivity index (χ2v) is 7.29. The van der Waals surface area contributed by atoms with Crippen LogP contribution in [0.15, 0.2) is 24.7 Å². The molecule has 0 aromatic carbocycles. The van der Waals surface area contributed by atoms with E-state index in [9.17, 15) is 22.4 Å². The molecule has 2 N–H and O–H groups in total. The van der Waals surface area contributed by atoms with Crippen LogP contribution in [0.1, 0.15) is 25.0 Å². The summed E-state index contributed by atoms with van der Waals surface area (Å²) >= 11 is 0. The van der Waals surface area contributed by atoms with Gasteiger partial charge in [-0.2, -0.15) is 18.3 Å². The predicted octanol–water partition coefficient (Wildman–Crippen LogP) is 2.98. The normalized spacial score (nSPS) is 20.8. The van der Waals surface area contributed by atoms with Gasteiger partial charge in [-0.25, -0.2) is 19.2 Å². The number of hydrogen-bond acceptors (Lipinski definition) is 5. The molecule has 30 heavy (non-hydrogen) atoms. The van der Waals surface area contributed by atoms with Crippen LogP contribution in [0, 0.1) is 5.82 Å². The summed E-state index contributed by atoms with van der Waals surface area (Å²) in [7, 11) is 1.75. The van der Waals surface area contributed by atoms with Crippen molar-refractivity contribution in [3.05, 3.63) is 36.2 Å². The number of amides is 2. The van der Waals surface area contributed by atoms with Crippen molar-refractivity contribution in [2.45, 2.75) is 37.5 Å². The lowest BCUT2D eigenvalue weighted by molar-refractivity contribution is -0.123. The molecule has 12 heteroatoms. The van der Waals surface area contributed by atoms with Crippen LogP contribution in [0.25, 0.3) is 5.57 Å². The van der Waals surface area contributed by atoms with Crippen LogP contribution in [0.5, 0.6) is 0 Å². The van der Waals surface area contributed by atoms with E-state index in [1.807, 2.05) is 5.32 Å². The van der Waals surface area contributed by atoms with Crippen molar-refractivity contribution in [1.29, 1.82) is 0 Å². The molecule has 1 fully saturated rings. The maximum absolute atomic E-state index is 14.5. The average molecular weight is 425 g/mol. The molecule has 4 rings (SSSR count). The number of rotatable bonds is 4. The maximum Gasteiger partial charge on any atom is 0.405 e. The zero-order valence-electron chi connectivity index (χ0n) is 15.9. The number of nitrogens with zero attached hydrogens (tertiary/aromatic N) is 5. The van der Waals surface area contributed by atoms with Gasteiger partial charge in [0, 0.05) is 19.3 Å². The number of aromatic nitrogens is 4. The molecule has 2 atom stereocenters. The average Bonchev–Trinajstić information content (AvgIpc) is 3.20. The molecular formula is C18H19F4N7O.